The number of anilines is 1. The summed E-state index contributed by atoms with van der Waals surface area (Å²) in [7, 11) is 0. The Kier molecular flexibility index (Phi) is 5.40. The van der Waals surface area contributed by atoms with E-state index in [-0.39, 0.29) is 12.2 Å². The summed E-state index contributed by atoms with van der Waals surface area (Å²) in [6.07, 6.45) is 1.36. The summed E-state index contributed by atoms with van der Waals surface area (Å²) >= 11 is 3.36. The predicted molar refractivity (Wildman–Crippen MR) is 72.8 cm³/mol. The van der Waals surface area contributed by atoms with Crippen LogP contribution in [0.25, 0.3) is 0 Å². The maximum atomic E-state index is 11.4. The van der Waals surface area contributed by atoms with Crippen LogP contribution in [0.4, 0.5) is 5.69 Å². The molecule has 5 heteroatoms. The maximum absolute atomic E-state index is 11.4. The van der Waals surface area contributed by atoms with Crippen molar-refractivity contribution < 1.29 is 9.53 Å². The molecule has 0 aliphatic carbocycles. The molecule has 0 aliphatic heterocycles. The minimum Gasteiger partial charge on any atom is -0.462 e. The summed E-state index contributed by atoms with van der Waals surface area (Å²) in [5.74, 6) is -0.623. The number of carbonyl (C=O) groups is 1. The van der Waals surface area contributed by atoms with Crippen molar-refractivity contribution in [3.63, 3.8) is 0 Å². The summed E-state index contributed by atoms with van der Waals surface area (Å²) in [5, 5.41) is 11.8. The van der Waals surface area contributed by atoms with Gasteiger partial charge in [0.15, 0.2) is 5.57 Å². The number of nitriles is 1. The number of carbonyl (C=O) groups excluding carboxylic acids is 1. The van der Waals surface area contributed by atoms with Gasteiger partial charge in [-0.05, 0) is 37.6 Å². The number of halogens is 1. The molecule has 0 aliphatic rings. The largest absolute Gasteiger partial charge is 0.462 e. The Morgan fingerprint density at radius 2 is 2.33 bits per heavy atom. The third kappa shape index (κ3) is 3.90. The molecular formula is C13H13BrN2O2. The number of hydrogen-bond donors (Lipinski definition) is 1. The third-order valence-electron chi connectivity index (χ3n) is 2.18. The van der Waals surface area contributed by atoms with Gasteiger partial charge in [0.2, 0.25) is 0 Å². The second kappa shape index (κ2) is 6.82. The first-order valence-corrected chi connectivity index (χ1v) is 6.18. The summed E-state index contributed by atoms with van der Waals surface area (Å²) in [6, 6.07) is 7.47. The number of ether oxygens (including phenoxy) is 1. The summed E-state index contributed by atoms with van der Waals surface area (Å²) in [6.45, 7) is 3.87. The summed E-state index contributed by atoms with van der Waals surface area (Å²) in [5.41, 5.74) is 1.77. The normalized spacial score (nSPS) is 10.7. The van der Waals surface area contributed by atoms with E-state index in [4.69, 9.17) is 10.00 Å². The minimum atomic E-state index is -0.623. The molecule has 0 saturated carbocycles. The minimum absolute atomic E-state index is 0.0563. The molecule has 0 unspecified atom stereocenters. The number of hydrogen-bond acceptors (Lipinski definition) is 4. The molecule has 0 heterocycles. The van der Waals surface area contributed by atoms with Gasteiger partial charge >= 0.3 is 5.97 Å². The lowest BCUT2D eigenvalue weighted by Crippen LogP contribution is -2.08. The molecule has 1 rings (SSSR count). The first-order chi connectivity index (χ1) is 8.58. The molecule has 1 aromatic carbocycles. The number of benzene rings is 1. The van der Waals surface area contributed by atoms with Crippen LogP contribution < -0.4 is 5.32 Å². The molecule has 0 aromatic heterocycles. The van der Waals surface area contributed by atoms with Gasteiger partial charge in [0.05, 0.1) is 6.61 Å². The number of nitrogens with one attached hydrogen (secondary N) is 1. The third-order valence-corrected chi connectivity index (χ3v) is 2.67. The number of esters is 1. The quantitative estimate of drug-likeness (QED) is 0.527. The standard InChI is InChI=1S/C13H13BrN2O2/c1-3-18-13(17)10(7-15)8-16-12-5-4-11(14)6-9(12)2/h4-6,8,16H,3H2,1-2H3/b10-8+. The molecule has 0 bridgehead atoms. The summed E-state index contributed by atoms with van der Waals surface area (Å²) < 4.78 is 5.73. The summed E-state index contributed by atoms with van der Waals surface area (Å²) in [4.78, 5) is 11.4. The zero-order valence-electron chi connectivity index (χ0n) is 10.2. The molecule has 4 nitrogen and oxygen atoms in total. The average Bonchev–Trinajstić information content (AvgIpc) is 2.32. The van der Waals surface area contributed by atoms with Crippen LogP contribution in [0.15, 0.2) is 34.4 Å². The molecule has 0 atom stereocenters. The van der Waals surface area contributed by atoms with E-state index in [1.165, 1.54) is 6.20 Å². The van der Waals surface area contributed by atoms with Crippen molar-refractivity contribution in [2.24, 2.45) is 0 Å². The maximum Gasteiger partial charge on any atom is 0.350 e. The zero-order valence-corrected chi connectivity index (χ0v) is 11.7. The van der Waals surface area contributed by atoms with Crippen LogP contribution in [0.1, 0.15) is 12.5 Å². The predicted octanol–water partition coefficient (Wildman–Crippen LogP) is 3.14. The Balaban J connectivity index is 2.84. The molecule has 0 saturated heterocycles. The molecule has 18 heavy (non-hydrogen) atoms. The van der Waals surface area contributed by atoms with E-state index in [1.807, 2.05) is 25.1 Å². The van der Waals surface area contributed by atoms with E-state index >= 15 is 0 Å². The Labute approximate surface area is 114 Å². The van der Waals surface area contributed by atoms with Gasteiger partial charge in [-0.1, -0.05) is 15.9 Å². The van der Waals surface area contributed by atoms with Gasteiger partial charge in [-0.25, -0.2) is 4.79 Å². The average molecular weight is 309 g/mol. The van der Waals surface area contributed by atoms with Gasteiger partial charge in [0.25, 0.3) is 0 Å². The molecule has 0 amide bonds. The van der Waals surface area contributed by atoms with E-state index in [9.17, 15) is 4.79 Å². The van der Waals surface area contributed by atoms with Gasteiger partial charge in [0, 0.05) is 16.4 Å². The Morgan fingerprint density at radius 1 is 1.61 bits per heavy atom. The lowest BCUT2D eigenvalue weighted by molar-refractivity contribution is -0.138. The van der Waals surface area contributed by atoms with Crippen LogP contribution in [0.5, 0.6) is 0 Å². The van der Waals surface area contributed by atoms with E-state index in [2.05, 4.69) is 21.2 Å². The van der Waals surface area contributed by atoms with E-state index in [0.717, 1.165) is 15.7 Å². The second-order valence-corrected chi connectivity index (χ2v) is 4.41. The van der Waals surface area contributed by atoms with Crippen molar-refractivity contribution in [1.29, 1.82) is 5.26 Å². The highest BCUT2D eigenvalue weighted by Gasteiger charge is 2.09. The van der Waals surface area contributed by atoms with Crippen molar-refractivity contribution in [3.8, 4) is 6.07 Å². The van der Waals surface area contributed by atoms with Crippen LogP contribution in [0.3, 0.4) is 0 Å². The molecule has 0 fully saturated rings. The molecule has 0 radical (unpaired) electrons. The molecule has 1 N–H and O–H groups in total. The fourth-order valence-corrected chi connectivity index (χ4v) is 1.76. The van der Waals surface area contributed by atoms with Crippen LogP contribution in [-0.4, -0.2) is 12.6 Å². The SMILES string of the molecule is CCOC(=O)/C(C#N)=C/Nc1ccc(Br)cc1C. The molecule has 0 spiro atoms. The molecule has 94 valence electrons. The fraction of sp³-hybridized carbons (Fsp3) is 0.231. The van der Waals surface area contributed by atoms with Gasteiger partial charge in [-0.3, -0.25) is 0 Å². The number of nitrogens with zero attached hydrogens (tertiary/aromatic N) is 1. The molecular weight excluding hydrogens is 296 g/mol. The zero-order chi connectivity index (χ0) is 13.5. The van der Waals surface area contributed by atoms with E-state index in [1.54, 1.807) is 13.0 Å². The molecule has 1 aromatic rings. The Bertz CT molecular complexity index is 518. The Hall–Kier alpha value is -1.80. The fourth-order valence-electron chi connectivity index (χ4n) is 1.28. The smallest absolute Gasteiger partial charge is 0.350 e. The highest BCUT2D eigenvalue weighted by atomic mass is 79.9. The van der Waals surface area contributed by atoms with Crippen LogP contribution >= 0.6 is 15.9 Å². The van der Waals surface area contributed by atoms with E-state index in [0.29, 0.717) is 0 Å². The van der Waals surface area contributed by atoms with Crippen molar-refractivity contribution >= 4 is 27.6 Å². The van der Waals surface area contributed by atoms with Crippen LogP contribution in [-0.2, 0) is 9.53 Å². The topological polar surface area (TPSA) is 62.1 Å². The highest BCUT2D eigenvalue weighted by Crippen LogP contribution is 2.20. The van der Waals surface area contributed by atoms with Crippen molar-refractivity contribution in [3.05, 3.63) is 40.0 Å². The van der Waals surface area contributed by atoms with Gasteiger partial charge in [-0.2, -0.15) is 5.26 Å². The van der Waals surface area contributed by atoms with Gasteiger partial charge in [0.1, 0.15) is 6.07 Å². The highest BCUT2D eigenvalue weighted by molar-refractivity contribution is 9.10. The Morgan fingerprint density at radius 3 is 2.89 bits per heavy atom. The monoisotopic (exact) mass is 308 g/mol. The second-order valence-electron chi connectivity index (χ2n) is 3.49. The van der Waals surface area contributed by atoms with E-state index < -0.39 is 5.97 Å². The first kappa shape index (κ1) is 14.3. The number of aryl methyl sites for hydroxylation is 1. The van der Waals surface area contributed by atoms with Crippen LogP contribution in [0, 0.1) is 18.3 Å². The van der Waals surface area contributed by atoms with Crippen LogP contribution in [0.2, 0.25) is 0 Å². The van der Waals surface area contributed by atoms with Gasteiger partial charge < -0.3 is 10.1 Å². The lowest BCUT2D eigenvalue weighted by Gasteiger charge is -2.06. The first-order valence-electron chi connectivity index (χ1n) is 5.38. The van der Waals surface area contributed by atoms with Crippen molar-refractivity contribution in [1.82, 2.24) is 0 Å². The lowest BCUT2D eigenvalue weighted by atomic mass is 10.2. The number of rotatable bonds is 4. The van der Waals surface area contributed by atoms with Gasteiger partial charge in [-0.15, -0.1) is 0 Å². The van der Waals surface area contributed by atoms with Crippen molar-refractivity contribution in [2.45, 2.75) is 13.8 Å². The van der Waals surface area contributed by atoms with Crippen molar-refractivity contribution in [2.75, 3.05) is 11.9 Å².